The molecule has 1 aliphatic heterocycles. The summed E-state index contributed by atoms with van der Waals surface area (Å²) in [5.74, 6) is 0. The Morgan fingerprint density at radius 1 is 1.50 bits per heavy atom. The van der Waals surface area contributed by atoms with E-state index in [9.17, 15) is 0 Å². The third kappa shape index (κ3) is 2.94. The normalized spacial score (nSPS) is 24.9. The van der Waals surface area contributed by atoms with Crippen molar-refractivity contribution in [3.8, 4) is 0 Å². The van der Waals surface area contributed by atoms with Crippen LogP contribution in [-0.2, 0) is 4.74 Å². The monoisotopic (exact) mass is 200 g/mol. The van der Waals surface area contributed by atoms with E-state index in [4.69, 9.17) is 4.74 Å². The summed E-state index contributed by atoms with van der Waals surface area (Å²) in [5, 5.41) is 3.21. The van der Waals surface area contributed by atoms with Crippen molar-refractivity contribution >= 4 is 0 Å². The van der Waals surface area contributed by atoms with Gasteiger partial charge in [0.05, 0.1) is 13.2 Å². The molecule has 1 atom stereocenters. The molecule has 1 rings (SSSR count). The Labute approximate surface area is 87.8 Å². The van der Waals surface area contributed by atoms with Crippen LogP contribution in [0.2, 0.25) is 0 Å². The van der Waals surface area contributed by atoms with Crippen LogP contribution < -0.4 is 5.32 Å². The first kappa shape index (κ1) is 12.0. The summed E-state index contributed by atoms with van der Waals surface area (Å²) in [7, 11) is 2.01. The lowest BCUT2D eigenvalue weighted by Gasteiger charge is -2.45. The van der Waals surface area contributed by atoms with Gasteiger partial charge in [0.25, 0.3) is 0 Å². The van der Waals surface area contributed by atoms with E-state index in [0.29, 0.717) is 6.04 Å². The largest absolute Gasteiger partial charge is 0.378 e. The molecule has 1 aliphatic rings. The van der Waals surface area contributed by atoms with Crippen LogP contribution in [0.25, 0.3) is 0 Å². The second-order valence-corrected chi connectivity index (χ2v) is 4.80. The maximum atomic E-state index is 5.51. The fourth-order valence-corrected chi connectivity index (χ4v) is 2.20. The summed E-state index contributed by atoms with van der Waals surface area (Å²) in [6, 6.07) is 0.640. The first-order valence-corrected chi connectivity index (χ1v) is 5.57. The van der Waals surface area contributed by atoms with Gasteiger partial charge in [-0.05, 0) is 40.8 Å². The van der Waals surface area contributed by atoms with Gasteiger partial charge in [-0.3, -0.25) is 4.90 Å². The standard InChI is InChI=1S/C11H24N2O/c1-10(5-6-12-4)13-7-8-14-9-11(13,2)3/h10,12H,5-9H2,1-4H3. The Balaban J connectivity index is 2.46. The molecule has 1 heterocycles. The Morgan fingerprint density at radius 3 is 2.79 bits per heavy atom. The summed E-state index contributed by atoms with van der Waals surface area (Å²) < 4.78 is 5.51. The quantitative estimate of drug-likeness (QED) is 0.735. The van der Waals surface area contributed by atoms with E-state index < -0.39 is 0 Å². The number of nitrogens with one attached hydrogen (secondary N) is 1. The number of ether oxygens (including phenoxy) is 1. The van der Waals surface area contributed by atoms with Crippen molar-refractivity contribution in [1.29, 1.82) is 0 Å². The molecule has 84 valence electrons. The second-order valence-electron chi connectivity index (χ2n) is 4.80. The van der Waals surface area contributed by atoms with Gasteiger partial charge in [0.2, 0.25) is 0 Å². The van der Waals surface area contributed by atoms with Crippen LogP contribution in [0.5, 0.6) is 0 Å². The Kier molecular flexibility index (Phi) is 4.35. The zero-order valence-corrected chi connectivity index (χ0v) is 9.97. The van der Waals surface area contributed by atoms with Gasteiger partial charge < -0.3 is 10.1 Å². The highest BCUT2D eigenvalue weighted by molar-refractivity contribution is 4.87. The molecule has 0 amide bonds. The third-order valence-electron chi connectivity index (χ3n) is 3.05. The van der Waals surface area contributed by atoms with E-state index >= 15 is 0 Å². The van der Waals surface area contributed by atoms with Crippen molar-refractivity contribution in [1.82, 2.24) is 10.2 Å². The van der Waals surface area contributed by atoms with E-state index in [2.05, 4.69) is 31.0 Å². The molecule has 1 N–H and O–H groups in total. The zero-order valence-electron chi connectivity index (χ0n) is 9.97. The lowest BCUT2D eigenvalue weighted by molar-refractivity contribution is -0.0697. The highest BCUT2D eigenvalue weighted by Crippen LogP contribution is 2.22. The Hall–Kier alpha value is -0.120. The van der Waals surface area contributed by atoms with E-state index in [1.807, 2.05) is 7.05 Å². The van der Waals surface area contributed by atoms with Gasteiger partial charge in [-0.1, -0.05) is 0 Å². The third-order valence-corrected chi connectivity index (χ3v) is 3.05. The average molecular weight is 200 g/mol. The predicted molar refractivity (Wildman–Crippen MR) is 59.6 cm³/mol. The van der Waals surface area contributed by atoms with Crippen LogP contribution in [0, 0.1) is 0 Å². The van der Waals surface area contributed by atoms with Gasteiger partial charge in [0.15, 0.2) is 0 Å². The molecule has 0 bridgehead atoms. The number of hydrogen-bond acceptors (Lipinski definition) is 3. The molecule has 14 heavy (non-hydrogen) atoms. The zero-order chi connectivity index (χ0) is 10.6. The van der Waals surface area contributed by atoms with Crippen LogP contribution in [0.15, 0.2) is 0 Å². The molecule has 1 unspecified atom stereocenters. The van der Waals surface area contributed by atoms with Crippen LogP contribution >= 0.6 is 0 Å². The lowest BCUT2D eigenvalue weighted by atomic mass is 9.99. The van der Waals surface area contributed by atoms with Crippen molar-refractivity contribution in [2.75, 3.05) is 33.4 Å². The fraction of sp³-hybridized carbons (Fsp3) is 1.00. The summed E-state index contributed by atoms with van der Waals surface area (Å²) >= 11 is 0. The lowest BCUT2D eigenvalue weighted by Crippen LogP contribution is -2.56. The minimum atomic E-state index is 0.200. The summed E-state index contributed by atoms with van der Waals surface area (Å²) in [6.07, 6.45) is 1.21. The van der Waals surface area contributed by atoms with Crippen molar-refractivity contribution in [3.63, 3.8) is 0 Å². The Morgan fingerprint density at radius 2 is 2.21 bits per heavy atom. The van der Waals surface area contributed by atoms with E-state index in [-0.39, 0.29) is 5.54 Å². The average Bonchev–Trinajstić information content (AvgIpc) is 2.13. The van der Waals surface area contributed by atoms with E-state index in [1.165, 1.54) is 6.42 Å². The SMILES string of the molecule is CNCCC(C)N1CCOCC1(C)C. The molecule has 0 radical (unpaired) electrons. The van der Waals surface area contributed by atoms with Gasteiger partial charge in [-0.25, -0.2) is 0 Å². The maximum Gasteiger partial charge on any atom is 0.0645 e. The van der Waals surface area contributed by atoms with Gasteiger partial charge in [0.1, 0.15) is 0 Å². The van der Waals surface area contributed by atoms with Crippen LogP contribution in [0.1, 0.15) is 27.2 Å². The summed E-state index contributed by atoms with van der Waals surface area (Å²) in [4.78, 5) is 2.56. The predicted octanol–water partition coefficient (Wildman–Crippen LogP) is 1.10. The topological polar surface area (TPSA) is 24.5 Å². The molecule has 0 aliphatic carbocycles. The fourth-order valence-electron chi connectivity index (χ4n) is 2.20. The Bertz CT molecular complexity index is 171. The molecule has 3 heteroatoms. The van der Waals surface area contributed by atoms with E-state index in [1.54, 1.807) is 0 Å². The van der Waals surface area contributed by atoms with Crippen LogP contribution in [-0.4, -0.2) is 49.8 Å². The van der Waals surface area contributed by atoms with Crippen molar-refractivity contribution in [3.05, 3.63) is 0 Å². The van der Waals surface area contributed by atoms with Gasteiger partial charge >= 0.3 is 0 Å². The number of morpholine rings is 1. The highest BCUT2D eigenvalue weighted by atomic mass is 16.5. The number of nitrogens with zero attached hydrogens (tertiary/aromatic N) is 1. The molecule has 0 aromatic heterocycles. The molecule has 3 nitrogen and oxygen atoms in total. The van der Waals surface area contributed by atoms with Crippen molar-refractivity contribution in [2.45, 2.75) is 38.8 Å². The minimum absolute atomic E-state index is 0.200. The van der Waals surface area contributed by atoms with Gasteiger partial charge in [0, 0.05) is 18.1 Å². The molecule has 0 aromatic rings. The summed E-state index contributed by atoms with van der Waals surface area (Å²) in [5.41, 5.74) is 0.200. The molecular weight excluding hydrogens is 176 g/mol. The van der Waals surface area contributed by atoms with Crippen LogP contribution in [0.4, 0.5) is 0 Å². The molecular formula is C11H24N2O. The smallest absolute Gasteiger partial charge is 0.0645 e. The number of rotatable bonds is 4. The molecule has 0 spiro atoms. The van der Waals surface area contributed by atoms with Gasteiger partial charge in [-0.2, -0.15) is 0 Å². The van der Waals surface area contributed by atoms with Crippen molar-refractivity contribution < 1.29 is 4.74 Å². The van der Waals surface area contributed by atoms with Crippen molar-refractivity contribution in [2.24, 2.45) is 0 Å². The maximum absolute atomic E-state index is 5.51. The number of hydrogen-bond donors (Lipinski definition) is 1. The minimum Gasteiger partial charge on any atom is -0.378 e. The first-order chi connectivity index (χ1) is 6.58. The first-order valence-electron chi connectivity index (χ1n) is 5.57. The second kappa shape index (κ2) is 5.10. The molecule has 1 fully saturated rings. The van der Waals surface area contributed by atoms with Crippen LogP contribution in [0.3, 0.4) is 0 Å². The summed E-state index contributed by atoms with van der Waals surface area (Å²) in [6.45, 7) is 10.7. The molecule has 0 aromatic carbocycles. The van der Waals surface area contributed by atoms with E-state index in [0.717, 1.165) is 26.3 Å². The highest BCUT2D eigenvalue weighted by Gasteiger charge is 2.33. The molecule has 0 saturated carbocycles. The van der Waals surface area contributed by atoms with Gasteiger partial charge in [-0.15, -0.1) is 0 Å². The molecule has 1 saturated heterocycles.